The van der Waals surface area contributed by atoms with Crippen molar-refractivity contribution in [1.29, 1.82) is 0 Å². The number of sulfonamides is 1. The molecule has 2 N–H and O–H groups in total. The average molecular weight is 696 g/mol. The summed E-state index contributed by atoms with van der Waals surface area (Å²) in [7, 11) is -2.72. The molecule has 0 aliphatic heterocycles. The van der Waals surface area contributed by atoms with E-state index in [0.717, 1.165) is 5.56 Å². The van der Waals surface area contributed by atoms with Crippen LogP contribution >= 0.6 is 0 Å². The maximum Gasteiger partial charge on any atom is 0.413 e. The van der Waals surface area contributed by atoms with E-state index in [0.29, 0.717) is 5.75 Å². The molecule has 0 saturated heterocycles. The zero-order valence-electron chi connectivity index (χ0n) is 27.6. The highest BCUT2D eigenvalue weighted by Crippen LogP contribution is 2.43. The number of carbonyl (C=O) groups excluding carboxylic acids is 1. The van der Waals surface area contributed by atoms with Gasteiger partial charge in [0.05, 0.1) is 18.2 Å². The SMILES string of the molecule is COc1ccccc1Oc1c(OCC#CCOC(=O)Nc2cnccn2)cc(-c2ncccn2)nc1NS(=O)(=O)c1ccc(C(C)(C)C)cc1. The van der Waals surface area contributed by atoms with Crippen molar-refractivity contribution in [2.24, 2.45) is 0 Å². The van der Waals surface area contributed by atoms with Crippen LogP contribution in [-0.2, 0) is 20.2 Å². The molecule has 5 aromatic rings. The Morgan fingerprint density at radius 1 is 0.860 bits per heavy atom. The zero-order valence-corrected chi connectivity index (χ0v) is 28.4. The van der Waals surface area contributed by atoms with Crippen LogP contribution in [0.5, 0.6) is 23.0 Å². The highest BCUT2D eigenvalue weighted by atomic mass is 32.2. The number of carbonyl (C=O) groups is 1. The Morgan fingerprint density at radius 2 is 1.58 bits per heavy atom. The Kier molecular flexibility index (Phi) is 11.0. The van der Waals surface area contributed by atoms with Gasteiger partial charge in [0.1, 0.15) is 12.3 Å². The Labute approximate surface area is 289 Å². The molecular weight excluding hydrogens is 662 g/mol. The summed E-state index contributed by atoms with van der Waals surface area (Å²) in [5.74, 6) is 6.28. The van der Waals surface area contributed by atoms with E-state index in [9.17, 15) is 13.2 Å². The molecule has 15 heteroatoms. The lowest BCUT2D eigenvalue weighted by Crippen LogP contribution is -2.17. The van der Waals surface area contributed by atoms with E-state index in [1.54, 1.807) is 42.5 Å². The van der Waals surface area contributed by atoms with Gasteiger partial charge in [-0.3, -0.25) is 15.0 Å². The molecule has 0 aliphatic carbocycles. The molecule has 0 aliphatic rings. The summed E-state index contributed by atoms with van der Waals surface area (Å²) in [4.78, 5) is 32.9. The minimum atomic E-state index is -4.20. The van der Waals surface area contributed by atoms with E-state index in [1.165, 1.54) is 56.3 Å². The van der Waals surface area contributed by atoms with Gasteiger partial charge in [0, 0.05) is 30.9 Å². The number of para-hydroxylation sites is 2. The van der Waals surface area contributed by atoms with Gasteiger partial charge in [0.2, 0.25) is 5.75 Å². The van der Waals surface area contributed by atoms with E-state index in [4.69, 9.17) is 18.9 Å². The Hall–Kier alpha value is -6.27. The van der Waals surface area contributed by atoms with Crippen LogP contribution < -0.4 is 24.2 Å². The summed E-state index contributed by atoms with van der Waals surface area (Å²) >= 11 is 0. The molecule has 256 valence electrons. The average Bonchev–Trinajstić information content (AvgIpc) is 3.11. The Morgan fingerprint density at radius 3 is 2.26 bits per heavy atom. The first-order chi connectivity index (χ1) is 24.0. The monoisotopic (exact) mass is 695 g/mol. The molecule has 0 atom stereocenters. The first-order valence-electron chi connectivity index (χ1n) is 15.1. The normalized spacial score (nSPS) is 11.0. The number of pyridine rings is 1. The zero-order chi connectivity index (χ0) is 35.6. The largest absolute Gasteiger partial charge is 0.493 e. The number of rotatable bonds is 11. The fourth-order valence-corrected chi connectivity index (χ4v) is 5.29. The van der Waals surface area contributed by atoms with Crippen molar-refractivity contribution < 1.29 is 32.2 Å². The minimum absolute atomic E-state index is 0.00795. The molecule has 0 saturated carbocycles. The van der Waals surface area contributed by atoms with Crippen molar-refractivity contribution in [3.63, 3.8) is 0 Å². The van der Waals surface area contributed by atoms with Crippen molar-refractivity contribution in [2.75, 3.05) is 30.4 Å². The second kappa shape index (κ2) is 15.8. The van der Waals surface area contributed by atoms with Gasteiger partial charge in [-0.05, 0) is 41.3 Å². The van der Waals surface area contributed by atoms with Gasteiger partial charge in [0.25, 0.3) is 10.0 Å². The van der Waals surface area contributed by atoms with E-state index >= 15 is 0 Å². The van der Waals surface area contributed by atoms with Crippen LogP contribution in [-0.4, -0.2) is 59.8 Å². The first kappa shape index (κ1) is 35.0. The molecule has 0 spiro atoms. The fourth-order valence-electron chi connectivity index (χ4n) is 4.29. The van der Waals surface area contributed by atoms with Crippen LogP contribution in [0.1, 0.15) is 26.3 Å². The van der Waals surface area contributed by atoms with Crippen molar-refractivity contribution in [2.45, 2.75) is 31.1 Å². The maximum atomic E-state index is 13.8. The number of aromatic nitrogens is 5. The number of amides is 1. The van der Waals surface area contributed by atoms with Crippen molar-refractivity contribution >= 4 is 27.8 Å². The van der Waals surface area contributed by atoms with Crippen LogP contribution in [0.15, 0.2) is 96.5 Å². The number of hydrogen-bond donors (Lipinski definition) is 2. The van der Waals surface area contributed by atoms with Gasteiger partial charge in [-0.15, -0.1) is 0 Å². The molecule has 2 aromatic carbocycles. The number of anilines is 2. The number of nitrogens with zero attached hydrogens (tertiary/aromatic N) is 5. The lowest BCUT2D eigenvalue weighted by molar-refractivity contribution is 0.176. The van der Waals surface area contributed by atoms with Crippen LogP contribution in [0.25, 0.3) is 11.5 Å². The quantitative estimate of drug-likeness (QED) is 0.158. The Bertz CT molecular complexity index is 2100. The van der Waals surface area contributed by atoms with Crippen LogP contribution in [0, 0.1) is 11.8 Å². The highest BCUT2D eigenvalue weighted by molar-refractivity contribution is 7.92. The van der Waals surface area contributed by atoms with Crippen molar-refractivity contribution in [3.8, 4) is 46.4 Å². The Balaban J connectivity index is 1.47. The standard InChI is InChI=1S/C35H33N7O7S/c1-35(2,3)24-12-14-25(15-13-24)50(44,45)42-33-31(49-28-11-6-5-10-27(28)46-4)29(22-26(40-33)32-38-16-9-17-39-32)47-20-7-8-21-48-34(43)41-30-23-36-18-19-37-30/h5-6,9-19,22-23H,20-21H2,1-4H3,(H,40,42)(H,37,41,43). The molecule has 14 nitrogen and oxygen atoms in total. The number of hydrogen-bond acceptors (Lipinski definition) is 12. The summed E-state index contributed by atoms with van der Waals surface area (Å²) in [6.45, 7) is 5.65. The van der Waals surface area contributed by atoms with Gasteiger partial charge in [-0.2, -0.15) is 0 Å². The summed E-state index contributed by atoms with van der Waals surface area (Å²) in [5, 5.41) is 2.43. The third-order valence-electron chi connectivity index (χ3n) is 6.77. The highest BCUT2D eigenvalue weighted by Gasteiger charge is 2.25. The molecule has 3 heterocycles. The molecule has 0 bridgehead atoms. The minimum Gasteiger partial charge on any atom is -0.493 e. The van der Waals surface area contributed by atoms with Gasteiger partial charge < -0.3 is 18.9 Å². The summed E-state index contributed by atoms with van der Waals surface area (Å²) in [6, 6.07) is 16.5. The van der Waals surface area contributed by atoms with Crippen LogP contribution in [0.4, 0.5) is 16.4 Å². The number of ether oxygens (including phenoxy) is 4. The van der Waals surface area contributed by atoms with Gasteiger partial charge in [-0.25, -0.2) is 33.1 Å². The van der Waals surface area contributed by atoms with Crippen molar-refractivity contribution in [3.05, 3.63) is 97.2 Å². The molecule has 5 rings (SSSR count). The summed E-state index contributed by atoms with van der Waals surface area (Å²) in [5.41, 5.74) is 0.972. The molecule has 1 amide bonds. The molecular formula is C35H33N7O7S. The summed E-state index contributed by atoms with van der Waals surface area (Å²) < 4.78 is 52.9. The second-order valence-corrected chi connectivity index (χ2v) is 13.0. The fraction of sp³-hybridized carbons (Fsp3) is 0.200. The van der Waals surface area contributed by atoms with Gasteiger partial charge in [0.15, 0.2) is 41.3 Å². The first-order valence-corrected chi connectivity index (χ1v) is 16.6. The van der Waals surface area contributed by atoms with E-state index < -0.39 is 16.1 Å². The van der Waals surface area contributed by atoms with E-state index in [2.05, 4.69) is 46.8 Å². The third-order valence-corrected chi connectivity index (χ3v) is 8.13. The molecule has 3 aromatic heterocycles. The van der Waals surface area contributed by atoms with E-state index in [1.807, 2.05) is 20.8 Å². The number of nitrogens with one attached hydrogen (secondary N) is 2. The lowest BCUT2D eigenvalue weighted by atomic mass is 9.87. The maximum absolute atomic E-state index is 13.8. The molecule has 50 heavy (non-hydrogen) atoms. The smallest absolute Gasteiger partial charge is 0.413 e. The van der Waals surface area contributed by atoms with Crippen LogP contribution in [0.3, 0.4) is 0 Å². The molecule has 0 radical (unpaired) electrons. The molecule has 0 unspecified atom stereocenters. The van der Waals surface area contributed by atoms with E-state index in [-0.39, 0.29) is 63.9 Å². The van der Waals surface area contributed by atoms with Crippen molar-refractivity contribution in [1.82, 2.24) is 24.9 Å². The van der Waals surface area contributed by atoms with Gasteiger partial charge >= 0.3 is 6.09 Å². The molecule has 0 fully saturated rings. The van der Waals surface area contributed by atoms with Crippen LogP contribution in [0.2, 0.25) is 0 Å². The topological polar surface area (TPSA) is 177 Å². The number of benzene rings is 2. The number of methoxy groups -OCH3 is 1. The summed E-state index contributed by atoms with van der Waals surface area (Å²) in [6.07, 6.45) is 6.54. The predicted molar refractivity (Wildman–Crippen MR) is 185 cm³/mol. The lowest BCUT2D eigenvalue weighted by Gasteiger charge is -2.20. The predicted octanol–water partition coefficient (Wildman–Crippen LogP) is 5.86. The third kappa shape index (κ3) is 9.20. The second-order valence-electron chi connectivity index (χ2n) is 11.3. The van der Waals surface area contributed by atoms with Gasteiger partial charge in [-0.1, -0.05) is 56.9 Å².